The average molecular weight is 323 g/mol. The molecule has 6 nitrogen and oxygen atoms in total. The number of hydrogen-bond acceptors (Lipinski definition) is 5. The number of ether oxygens (including phenoxy) is 1. The molecule has 0 bridgehead atoms. The number of aromatic amines is 1. The lowest BCUT2D eigenvalue weighted by atomic mass is 10.1. The van der Waals surface area contributed by atoms with Crippen molar-refractivity contribution in [1.82, 2.24) is 15.1 Å². The molecule has 0 aliphatic carbocycles. The summed E-state index contributed by atoms with van der Waals surface area (Å²) in [4.78, 5) is 2.21. The summed E-state index contributed by atoms with van der Waals surface area (Å²) in [5, 5.41) is 8.42. The fraction of sp³-hybridized carbons (Fsp3) is 0.533. The Morgan fingerprint density at radius 2 is 2.27 bits per heavy atom. The third-order valence-corrected chi connectivity index (χ3v) is 6.08. The van der Waals surface area contributed by atoms with Crippen molar-refractivity contribution in [2.45, 2.75) is 25.9 Å². The lowest BCUT2D eigenvalue weighted by Gasteiger charge is -2.25. The number of nitrogens with zero attached hydrogens (tertiary/aromatic N) is 2. The summed E-state index contributed by atoms with van der Waals surface area (Å²) >= 11 is 0. The van der Waals surface area contributed by atoms with Crippen LogP contribution in [-0.2, 0) is 16.4 Å². The topological polar surface area (TPSA) is 75.3 Å². The molecule has 1 fully saturated rings. The van der Waals surface area contributed by atoms with Crippen LogP contribution in [0.3, 0.4) is 0 Å². The number of methoxy groups -OCH3 is 1. The third-order valence-electron chi connectivity index (χ3n) is 4.33. The van der Waals surface area contributed by atoms with Crippen LogP contribution in [0.1, 0.15) is 19.0 Å². The molecule has 0 saturated carbocycles. The van der Waals surface area contributed by atoms with E-state index in [1.54, 1.807) is 7.11 Å². The van der Waals surface area contributed by atoms with Crippen molar-refractivity contribution in [1.29, 1.82) is 0 Å². The predicted octanol–water partition coefficient (Wildman–Crippen LogP) is 1.58. The van der Waals surface area contributed by atoms with Crippen molar-refractivity contribution in [3.63, 3.8) is 0 Å². The minimum Gasteiger partial charge on any atom is -0.497 e. The van der Waals surface area contributed by atoms with Crippen molar-refractivity contribution in [2.24, 2.45) is 0 Å². The maximum atomic E-state index is 11.7. The van der Waals surface area contributed by atoms with Crippen molar-refractivity contribution in [3.8, 4) is 5.75 Å². The first-order valence-electron chi connectivity index (χ1n) is 7.48. The molecule has 1 atom stereocenters. The summed E-state index contributed by atoms with van der Waals surface area (Å²) in [6, 6.07) is 5.87. The second-order valence-electron chi connectivity index (χ2n) is 5.71. The summed E-state index contributed by atoms with van der Waals surface area (Å²) in [7, 11) is -1.23. The highest BCUT2D eigenvalue weighted by atomic mass is 32.2. The van der Waals surface area contributed by atoms with Gasteiger partial charge in [0.25, 0.3) is 0 Å². The number of fused-ring (bicyclic) bond motifs is 1. The third kappa shape index (κ3) is 2.96. The minimum atomic E-state index is -2.87. The number of H-pyrrole nitrogens is 1. The van der Waals surface area contributed by atoms with Crippen LogP contribution >= 0.6 is 0 Å². The molecule has 1 aliphatic rings. The number of rotatable bonds is 5. The first kappa shape index (κ1) is 15.3. The first-order valence-corrected chi connectivity index (χ1v) is 9.30. The Hall–Kier alpha value is -1.60. The van der Waals surface area contributed by atoms with Crippen LogP contribution in [0.25, 0.3) is 10.9 Å². The second-order valence-corrected chi connectivity index (χ2v) is 7.93. The average Bonchev–Trinajstić information content (AvgIpc) is 3.07. The van der Waals surface area contributed by atoms with Crippen LogP contribution in [0, 0.1) is 0 Å². The maximum Gasteiger partial charge on any atom is 0.151 e. The van der Waals surface area contributed by atoms with Gasteiger partial charge >= 0.3 is 0 Å². The number of aromatic nitrogens is 2. The molecule has 1 aromatic heterocycles. The van der Waals surface area contributed by atoms with Crippen LogP contribution < -0.4 is 4.74 Å². The summed E-state index contributed by atoms with van der Waals surface area (Å²) in [6.45, 7) is 3.54. The Kier molecular flexibility index (Phi) is 4.10. The normalized spacial score (nSPS) is 20.8. The molecule has 3 rings (SSSR count). The quantitative estimate of drug-likeness (QED) is 0.904. The second kappa shape index (κ2) is 5.89. The SMILES string of the molecule is CCN(Cc1[nH]nc2ccc(OC)cc12)[C@@H]1CCS(=O)(=O)C1. The number of benzene rings is 1. The molecule has 1 aliphatic heterocycles. The van der Waals surface area contributed by atoms with E-state index in [1.807, 2.05) is 18.2 Å². The minimum absolute atomic E-state index is 0.0963. The van der Waals surface area contributed by atoms with Gasteiger partial charge in [-0.25, -0.2) is 8.42 Å². The van der Waals surface area contributed by atoms with Gasteiger partial charge in [0.05, 0.1) is 29.8 Å². The first-order chi connectivity index (χ1) is 10.5. The molecular formula is C15H21N3O3S. The Morgan fingerprint density at radius 3 is 2.91 bits per heavy atom. The largest absolute Gasteiger partial charge is 0.497 e. The molecule has 1 aromatic carbocycles. The lowest BCUT2D eigenvalue weighted by Crippen LogP contribution is -2.35. The Bertz CT molecular complexity index is 769. The molecule has 1 N–H and O–H groups in total. The summed E-state index contributed by atoms with van der Waals surface area (Å²) in [5.74, 6) is 1.35. The molecule has 7 heteroatoms. The van der Waals surface area contributed by atoms with Crippen LogP contribution in [0.2, 0.25) is 0 Å². The number of hydrogen-bond donors (Lipinski definition) is 1. The molecular weight excluding hydrogens is 302 g/mol. The highest BCUT2D eigenvalue weighted by Crippen LogP contribution is 2.25. The summed E-state index contributed by atoms with van der Waals surface area (Å²) in [6.07, 6.45) is 0.714. The molecule has 1 saturated heterocycles. The smallest absolute Gasteiger partial charge is 0.151 e. The lowest BCUT2D eigenvalue weighted by molar-refractivity contribution is 0.213. The van der Waals surface area contributed by atoms with E-state index >= 15 is 0 Å². The van der Waals surface area contributed by atoms with E-state index in [2.05, 4.69) is 22.0 Å². The Balaban J connectivity index is 1.85. The van der Waals surface area contributed by atoms with E-state index in [9.17, 15) is 8.42 Å². The summed E-state index contributed by atoms with van der Waals surface area (Å²) < 4.78 is 28.7. The van der Waals surface area contributed by atoms with Gasteiger partial charge in [-0.05, 0) is 31.2 Å². The van der Waals surface area contributed by atoms with Gasteiger partial charge in [-0.2, -0.15) is 5.10 Å². The van der Waals surface area contributed by atoms with Crippen molar-refractivity contribution in [3.05, 3.63) is 23.9 Å². The number of nitrogens with one attached hydrogen (secondary N) is 1. The van der Waals surface area contributed by atoms with E-state index in [-0.39, 0.29) is 11.8 Å². The Labute approximate surface area is 130 Å². The standard InChI is InChI=1S/C15H21N3O3S/c1-3-18(11-6-7-22(19,20)10-11)9-15-13-8-12(21-2)4-5-14(13)16-17-15/h4-5,8,11H,3,6-7,9-10H2,1-2H3,(H,16,17)/t11-/m1/s1. The monoisotopic (exact) mass is 323 g/mol. The number of sulfone groups is 1. The molecule has 0 spiro atoms. The predicted molar refractivity (Wildman–Crippen MR) is 85.8 cm³/mol. The zero-order chi connectivity index (χ0) is 15.7. The van der Waals surface area contributed by atoms with Gasteiger partial charge in [-0.15, -0.1) is 0 Å². The van der Waals surface area contributed by atoms with E-state index in [0.717, 1.165) is 28.9 Å². The van der Waals surface area contributed by atoms with Gasteiger partial charge in [-0.1, -0.05) is 6.92 Å². The van der Waals surface area contributed by atoms with Gasteiger partial charge in [0.15, 0.2) is 9.84 Å². The van der Waals surface area contributed by atoms with Crippen LogP contribution in [0.15, 0.2) is 18.2 Å². The van der Waals surface area contributed by atoms with Gasteiger partial charge < -0.3 is 4.74 Å². The summed E-state index contributed by atoms with van der Waals surface area (Å²) in [5.41, 5.74) is 1.89. The highest BCUT2D eigenvalue weighted by Gasteiger charge is 2.31. The van der Waals surface area contributed by atoms with Gasteiger partial charge in [0.1, 0.15) is 5.75 Å². The molecule has 120 valence electrons. The fourth-order valence-electron chi connectivity index (χ4n) is 3.06. The highest BCUT2D eigenvalue weighted by molar-refractivity contribution is 7.91. The molecule has 0 amide bonds. The zero-order valence-electron chi connectivity index (χ0n) is 12.9. The molecule has 0 radical (unpaired) electrons. The molecule has 2 aromatic rings. The van der Waals surface area contributed by atoms with Gasteiger partial charge in [0.2, 0.25) is 0 Å². The van der Waals surface area contributed by atoms with Crippen molar-refractivity contribution >= 4 is 20.7 Å². The fourth-order valence-corrected chi connectivity index (χ4v) is 4.82. The van der Waals surface area contributed by atoms with E-state index in [4.69, 9.17) is 4.74 Å². The van der Waals surface area contributed by atoms with Crippen molar-refractivity contribution in [2.75, 3.05) is 25.2 Å². The van der Waals surface area contributed by atoms with Gasteiger partial charge in [-0.3, -0.25) is 10.00 Å². The maximum absolute atomic E-state index is 11.7. The Morgan fingerprint density at radius 1 is 1.45 bits per heavy atom. The molecule has 2 heterocycles. The van der Waals surface area contributed by atoms with E-state index in [0.29, 0.717) is 18.7 Å². The van der Waals surface area contributed by atoms with Crippen LogP contribution in [0.5, 0.6) is 5.75 Å². The van der Waals surface area contributed by atoms with E-state index in [1.165, 1.54) is 0 Å². The zero-order valence-corrected chi connectivity index (χ0v) is 13.7. The van der Waals surface area contributed by atoms with Gasteiger partial charge in [0, 0.05) is 18.0 Å². The van der Waals surface area contributed by atoms with E-state index < -0.39 is 9.84 Å². The molecule has 22 heavy (non-hydrogen) atoms. The van der Waals surface area contributed by atoms with Crippen molar-refractivity contribution < 1.29 is 13.2 Å². The molecule has 0 unspecified atom stereocenters. The van der Waals surface area contributed by atoms with Crippen LogP contribution in [-0.4, -0.2) is 54.7 Å². The van der Waals surface area contributed by atoms with Crippen LogP contribution in [0.4, 0.5) is 0 Å².